The topological polar surface area (TPSA) is 66.0 Å². The summed E-state index contributed by atoms with van der Waals surface area (Å²) in [5, 5.41) is 2.83. The van der Waals surface area contributed by atoms with E-state index in [1.165, 1.54) is 0 Å². The van der Waals surface area contributed by atoms with Crippen LogP contribution in [0.1, 0.15) is 17.3 Å². The van der Waals surface area contributed by atoms with E-state index in [2.05, 4.69) is 5.32 Å². The van der Waals surface area contributed by atoms with Crippen LogP contribution in [0.25, 0.3) is 0 Å². The summed E-state index contributed by atoms with van der Waals surface area (Å²) < 4.78 is 21.2. The van der Waals surface area contributed by atoms with Gasteiger partial charge < -0.3 is 24.3 Å². The number of amides is 1. The molecule has 134 valence electrons. The average molecular weight is 345 g/mol. The molecule has 2 aromatic rings. The van der Waals surface area contributed by atoms with Crippen molar-refractivity contribution in [1.29, 1.82) is 0 Å². The van der Waals surface area contributed by atoms with Crippen molar-refractivity contribution in [2.75, 3.05) is 39.4 Å². The molecule has 0 aliphatic rings. The van der Waals surface area contributed by atoms with E-state index in [1.54, 1.807) is 56.7 Å². The lowest BCUT2D eigenvalue weighted by atomic mass is 10.2. The van der Waals surface area contributed by atoms with Crippen LogP contribution in [0.4, 0.5) is 5.69 Å². The predicted molar refractivity (Wildman–Crippen MR) is 95.9 cm³/mol. The summed E-state index contributed by atoms with van der Waals surface area (Å²) in [6.07, 6.45) is 0. The minimum Gasteiger partial charge on any atom is -0.497 e. The van der Waals surface area contributed by atoms with E-state index < -0.39 is 0 Å². The van der Waals surface area contributed by atoms with Crippen LogP contribution in [-0.4, -0.2) is 39.9 Å². The van der Waals surface area contributed by atoms with Crippen molar-refractivity contribution in [1.82, 2.24) is 0 Å². The fourth-order valence-electron chi connectivity index (χ4n) is 2.17. The molecule has 0 radical (unpaired) electrons. The summed E-state index contributed by atoms with van der Waals surface area (Å²) in [5.74, 6) is 1.64. The predicted octanol–water partition coefficient (Wildman–Crippen LogP) is 3.37. The quantitative estimate of drug-likeness (QED) is 0.706. The van der Waals surface area contributed by atoms with E-state index in [4.69, 9.17) is 18.9 Å². The van der Waals surface area contributed by atoms with Gasteiger partial charge in [-0.05, 0) is 43.3 Å². The Hall–Kier alpha value is -2.73. The maximum Gasteiger partial charge on any atom is 0.255 e. The summed E-state index contributed by atoms with van der Waals surface area (Å²) in [5.41, 5.74) is 1.06. The molecule has 1 N–H and O–H groups in total. The van der Waals surface area contributed by atoms with Gasteiger partial charge in [-0.2, -0.15) is 0 Å². The third kappa shape index (κ3) is 5.39. The number of carbonyl (C=O) groups is 1. The number of hydrogen-bond acceptors (Lipinski definition) is 5. The molecule has 0 saturated carbocycles. The van der Waals surface area contributed by atoms with Crippen molar-refractivity contribution in [3.8, 4) is 17.2 Å². The van der Waals surface area contributed by atoms with E-state index in [0.717, 1.165) is 0 Å². The first-order valence-electron chi connectivity index (χ1n) is 8.02. The second-order valence-corrected chi connectivity index (χ2v) is 5.09. The Morgan fingerprint density at radius 2 is 1.68 bits per heavy atom. The Kier molecular flexibility index (Phi) is 7.10. The smallest absolute Gasteiger partial charge is 0.255 e. The monoisotopic (exact) mass is 345 g/mol. The van der Waals surface area contributed by atoms with E-state index in [1.807, 2.05) is 6.92 Å². The van der Waals surface area contributed by atoms with Crippen molar-refractivity contribution in [2.24, 2.45) is 0 Å². The summed E-state index contributed by atoms with van der Waals surface area (Å²) in [6, 6.07) is 12.1. The molecule has 0 fully saturated rings. The van der Waals surface area contributed by atoms with Gasteiger partial charge in [0.25, 0.3) is 5.91 Å². The highest BCUT2D eigenvalue weighted by molar-refractivity contribution is 6.05. The van der Waals surface area contributed by atoms with Gasteiger partial charge in [-0.15, -0.1) is 0 Å². The molecule has 6 nitrogen and oxygen atoms in total. The van der Waals surface area contributed by atoms with Gasteiger partial charge in [-0.1, -0.05) is 0 Å². The second-order valence-electron chi connectivity index (χ2n) is 5.09. The first kappa shape index (κ1) is 18.6. The van der Waals surface area contributed by atoms with Crippen LogP contribution < -0.4 is 19.5 Å². The van der Waals surface area contributed by atoms with E-state index in [0.29, 0.717) is 48.3 Å². The van der Waals surface area contributed by atoms with Crippen LogP contribution in [0.15, 0.2) is 42.5 Å². The van der Waals surface area contributed by atoms with E-state index >= 15 is 0 Å². The molecule has 0 aliphatic heterocycles. The molecule has 2 aromatic carbocycles. The molecule has 0 bridgehead atoms. The summed E-state index contributed by atoms with van der Waals surface area (Å²) in [4.78, 5) is 12.4. The highest BCUT2D eigenvalue weighted by Crippen LogP contribution is 2.29. The molecule has 6 heteroatoms. The fourth-order valence-corrected chi connectivity index (χ4v) is 2.17. The van der Waals surface area contributed by atoms with Gasteiger partial charge in [-0.3, -0.25) is 4.79 Å². The zero-order valence-corrected chi connectivity index (χ0v) is 14.7. The normalized spacial score (nSPS) is 10.2. The third-order valence-electron chi connectivity index (χ3n) is 3.47. The zero-order valence-electron chi connectivity index (χ0n) is 14.7. The Balaban J connectivity index is 2.01. The first-order chi connectivity index (χ1) is 12.2. The van der Waals surface area contributed by atoms with Gasteiger partial charge in [0, 0.05) is 18.2 Å². The van der Waals surface area contributed by atoms with Gasteiger partial charge in [0.05, 0.1) is 26.5 Å². The molecule has 25 heavy (non-hydrogen) atoms. The Labute approximate surface area is 147 Å². The number of hydrogen-bond donors (Lipinski definition) is 1. The lowest BCUT2D eigenvalue weighted by molar-refractivity contribution is 0.102. The number of methoxy groups -OCH3 is 2. The highest BCUT2D eigenvalue weighted by Gasteiger charge is 2.11. The largest absolute Gasteiger partial charge is 0.497 e. The molecular weight excluding hydrogens is 322 g/mol. The van der Waals surface area contributed by atoms with Crippen molar-refractivity contribution >= 4 is 11.6 Å². The van der Waals surface area contributed by atoms with Crippen LogP contribution in [0.3, 0.4) is 0 Å². The third-order valence-corrected chi connectivity index (χ3v) is 3.47. The van der Waals surface area contributed by atoms with Gasteiger partial charge in [-0.25, -0.2) is 0 Å². The average Bonchev–Trinajstić information content (AvgIpc) is 2.65. The number of rotatable bonds is 9. The summed E-state index contributed by atoms with van der Waals surface area (Å²) in [7, 11) is 3.11. The Morgan fingerprint density at radius 1 is 0.960 bits per heavy atom. The molecule has 0 heterocycles. The van der Waals surface area contributed by atoms with Crippen LogP contribution in [0.2, 0.25) is 0 Å². The van der Waals surface area contributed by atoms with Crippen LogP contribution in [0.5, 0.6) is 17.2 Å². The number of benzene rings is 2. The van der Waals surface area contributed by atoms with Crippen LogP contribution in [0, 0.1) is 0 Å². The minimum atomic E-state index is -0.243. The maximum atomic E-state index is 12.4. The molecule has 0 aliphatic carbocycles. The lowest BCUT2D eigenvalue weighted by Crippen LogP contribution is -2.13. The molecule has 0 unspecified atom stereocenters. The molecular formula is C19H23NO5. The van der Waals surface area contributed by atoms with Crippen LogP contribution in [-0.2, 0) is 4.74 Å². The lowest BCUT2D eigenvalue weighted by Gasteiger charge is -2.12. The fraction of sp³-hybridized carbons (Fsp3) is 0.316. The van der Waals surface area contributed by atoms with Gasteiger partial charge >= 0.3 is 0 Å². The Morgan fingerprint density at radius 3 is 2.32 bits per heavy atom. The first-order valence-corrected chi connectivity index (χ1v) is 8.02. The number of carbonyl (C=O) groups excluding carboxylic acids is 1. The molecule has 0 aromatic heterocycles. The van der Waals surface area contributed by atoms with Gasteiger partial charge in [0.2, 0.25) is 0 Å². The summed E-state index contributed by atoms with van der Waals surface area (Å²) in [6.45, 7) is 3.61. The zero-order chi connectivity index (χ0) is 18.1. The van der Waals surface area contributed by atoms with Crippen LogP contribution >= 0.6 is 0 Å². The standard InChI is InChI=1S/C19H23NO5/c1-4-24-11-12-25-15-7-5-14(6-8-15)19(21)20-17-13-16(22-2)9-10-18(17)23-3/h5-10,13H,4,11-12H2,1-3H3,(H,20,21). The SMILES string of the molecule is CCOCCOc1ccc(C(=O)Nc2cc(OC)ccc2OC)cc1. The van der Waals surface area contributed by atoms with E-state index in [9.17, 15) is 4.79 Å². The second kappa shape index (κ2) is 9.54. The van der Waals surface area contributed by atoms with Crippen molar-refractivity contribution in [3.63, 3.8) is 0 Å². The van der Waals surface area contributed by atoms with Gasteiger partial charge in [0.15, 0.2) is 0 Å². The van der Waals surface area contributed by atoms with Crippen molar-refractivity contribution < 1.29 is 23.7 Å². The van der Waals surface area contributed by atoms with Crippen molar-refractivity contribution in [2.45, 2.75) is 6.92 Å². The molecule has 1 amide bonds. The van der Waals surface area contributed by atoms with Crippen molar-refractivity contribution in [3.05, 3.63) is 48.0 Å². The highest BCUT2D eigenvalue weighted by atomic mass is 16.5. The molecule has 0 atom stereocenters. The minimum absolute atomic E-state index is 0.243. The maximum absolute atomic E-state index is 12.4. The number of ether oxygens (including phenoxy) is 4. The number of anilines is 1. The summed E-state index contributed by atoms with van der Waals surface area (Å²) >= 11 is 0. The van der Waals surface area contributed by atoms with Gasteiger partial charge in [0.1, 0.15) is 23.9 Å². The van der Waals surface area contributed by atoms with E-state index in [-0.39, 0.29) is 5.91 Å². The molecule has 0 saturated heterocycles. The number of nitrogens with one attached hydrogen (secondary N) is 1. The Bertz CT molecular complexity index is 685. The molecule has 2 rings (SSSR count). The molecule has 0 spiro atoms.